The van der Waals surface area contributed by atoms with Gasteiger partial charge in [-0.1, -0.05) is 0 Å². The van der Waals surface area contributed by atoms with Gasteiger partial charge in [-0.25, -0.2) is 0 Å². The van der Waals surface area contributed by atoms with Gasteiger partial charge >= 0.3 is 178 Å². The number of ether oxygens (including phenoxy) is 1. The van der Waals surface area contributed by atoms with E-state index < -0.39 is 24.5 Å². The van der Waals surface area contributed by atoms with E-state index in [0.717, 1.165) is 12.0 Å². The summed E-state index contributed by atoms with van der Waals surface area (Å²) < 4.78 is 10.2. The first-order chi connectivity index (χ1) is 13.6. The zero-order valence-electron chi connectivity index (χ0n) is 18.9. The molecule has 1 rings (SSSR count). The Kier molecular flexibility index (Phi) is 13.1. The molecule has 0 fully saturated rings. The van der Waals surface area contributed by atoms with Crippen LogP contribution < -0.4 is 5.32 Å². The first-order valence-corrected chi connectivity index (χ1v) is 19.2. The molecule has 1 N–H and O–H groups in total. The first-order valence-electron chi connectivity index (χ1n) is 11.5. The molecule has 1 amide bonds. The molecule has 3 nitrogen and oxygen atoms in total. The fourth-order valence-corrected chi connectivity index (χ4v) is 22.4. The van der Waals surface area contributed by atoms with Crippen LogP contribution >= 0.6 is 0 Å². The van der Waals surface area contributed by atoms with E-state index in [2.05, 4.69) is 33.0 Å². The number of amides is 1. The van der Waals surface area contributed by atoms with Gasteiger partial charge in [0.2, 0.25) is 0 Å². The van der Waals surface area contributed by atoms with Crippen molar-refractivity contribution in [3.63, 3.8) is 0 Å². The minimum atomic E-state index is -2.52. The van der Waals surface area contributed by atoms with Crippen LogP contribution in [0.3, 0.4) is 0 Å². The second-order valence-electron chi connectivity index (χ2n) is 8.17. The predicted octanol–water partition coefficient (Wildman–Crippen LogP) is 6.66. The van der Waals surface area contributed by atoms with Crippen molar-refractivity contribution >= 4 is 24.3 Å². The van der Waals surface area contributed by atoms with Crippen LogP contribution in [0.5, 0.6) is 0 Å². The van der Waals surface area contributed by atoms with Gasteiger partial charge < -0.3 is 0 Å². The Bertz CT molecular complexity index is 513. The topological polar surface area (TPSA) is 38.3 Å². The molecule has 0 saturated heterocycles. The molecule has 1 aromatic carbocycles. The van der Waals surface area contributed by atoms with Crippen molar-refractivity contribution < 1.29 is 9.53 Å². The van der Waals surface area contributed by atoms with Crippen molar-refractivity contribution in [1.29, 1.82) is 0 Å². The van der Waals surface area contributed by atoms with Crippen molar-refractivity contribution in [1.82, 2.24) is 5.32 Å². The van der Waals surface area contributed by atoms with Crippen LogP contribution in [-0.4, -0.2) is 35.5 Å². The van der Waals surface area contributed by atoms with E-state index in [1.165, 1.54) is 51.8 Å². The van der Waals surface area contributed by atoms with Crippen molar-refractivity contribution in [3.05, 3.63) is 35.9 Å². The summed E-state index contributed by atoms with van der Waals surface area (Å²) in [5.41, 5.74) is 0.939. The number of hydrogen-bond acceptors (Lipinski definition) is 2. The van der Waals surface area contributed by atoms with Gasteiger partial charge in [-0.15, -0.1) is 0 Å². The standard InChI is InChI=1S/C12H16NO2.3C4H9.Sn/c1-3-9-13-12(14)11(15-2)10-7-5-4-6-8-10;3*1-3-4-2;/h4-9,11H,3H2,1-2H3,(H,13,14);3*1,3-4H2,2H3;/t11-;;;;/m0..../s1. The number of hydrogen-bond donors (Lipinski definition) is 1. The molecule has 0 bridgehead atoms. The zero-order chi connectivity index (χ0) is 20.8. The third-order valence-electron chi connectivity index (χ3n) is 6.12. The van der Waals surface area contributed by atoms with Gasteiger partial charge in [0.05, 0.1) is 0 Å². The number of rotatable bonds is 15. The molecule has 1 unspecified atom stereocenters. The fourth-order valence-electron chi connectivity index (χ4n) is 4.44. The molecule has 0 spiro atoms. The number of benzene rings is 1. The van der Waals surface area contributed by atoms with Crippen LogP contribution in [0, 0.1) is 0 Å². The number of carbonyl (C=O) groups excluding carboxylic acids is 1. The number of unbranched alkanes of at least 4 members (excludes halogenated alkanes) is 3. The molecule has 2 atom stereocenters. The summed E-state index contributed by atoms with van der Waals surface area (Å²) in [4.78, 5) is 13.2. The van der Waals surface area contributed by atoms with Gasteiger partial charge in [0.25, 0.3) is 0 Å². The van der Waals surface area contributed by atoms with Gasteiger partial charge in [0.1, 0.15) is 0 Å². The van der Waals surface area contributed by atoms with Gasteiger partial charge in [-0.05, 0) is 0 Å². The Hall–Kier alpha value is -0.551. The van der Waals surface area contributed by atoms with E-state index in [9.17, 15) is 4.79 Å². The quantitative estimate of drug-likeness (QED) is 0.276. The van der Waals surface area contributed by atoms with Gasteiger partial charge in [0.15, 0.2) is 0 Å². The molecule has 0 radical (unpaired) electrons. The molecule has 0 aliphatic rings. The molecular weight excluding hydrogens is 453 g/mol. The third-order valence-corrected chi connectivity index (χ3v) is 23.5. The molecule has 0 aliphatic carbocycles. The fraction of sp³-hybridized carbons (Fsp3) is 0.708. The molecule has 0 aliphatic heterocycles. The average Bonchev–Trinajstić information content (AvgIpc) is 2.73. The third kappa shape index (κ3) is 7.70. The van der Waals surface area contributed by atoms with Crippen molar-refractivity contribution in [2.45, 2.75) is 96.1 Å². The number of nitrogens with one attached hydrogen (secondary N) is 1. The summed E-state index contributed by atoms with van der Waals surface area (Å²) in [6.07, 6.45) is 8.28. The van der Waals surface area contributed by atoms with Crippen molar-refractivity contribution in [2.24, 2.45) is 0 Å². The van der Waals surface area contributed by atoms with Crippen LogP contribution in [0.4, 0.5) is 0 Å². The zero-order valence-corrected chi connectivity index (χ0v) is 21.8. The minimum absolute atomic E-state index is 0.0473. The normalized spacial score (nSPS) is 13.9. The SMILES string of the molecule is CCC[CH2][Sn]([CH2]CCC)([CH2]CCC)[CH](CC)NC(=O)[C@@H](OC)c1ccccc1. The summed E-state index contributed by atoms with van der Waals surface area (Å²) in [6.45, 7) is 9.16. The molecule has 160 valence electrons. The monoisotopic (exact) mass is 497 g/mol. The second-order valence-corrected chi connectivity index (χ2v) is 22.2. The second kappa shape index (κ2) is 14.4. The molecule has 4 heteroatoms. The molecule has 1 aromatic rings. The van der Waals surface area contributed by atoms with E-state index in [1.54, 1.807) is 7.11 Å². The summed E-state index contributed by atoms with van der Waals surface area (Å²) >= 11 is -2.52. The Morgan fingerprint density at radius 3 is 1.82 bits per heavy atom. The van der Waals surface area contributed by atoms with Gasteiger partial charge in [-0.3, -0.25) is 0 Å². The summed E-state index contributed by atoms with van der Waals surface area (Å²) in [5.74, 6) is 0.0473. The van der Waals surface area contributed by atoms with Crippen LogP contribution in [0.2, 0.25) is 13.3 Å². The summed E-state index contributed by atoms with van der Waals surface area (Å²) in [7, 11) is 1.64. The van der Waals surface area contributed by atoms with Crippen LogP contribution in [0.1, 0.15) is 84.3 Å². The maximum atomic E-state index is 13.2. The molecule has 0 saturated carbocycles. The van der Waals surface area contributed by atoms with Gasteiger partial charge in [0, 0.05) is 0 Å². The van der Waals surface area contributed by atoms with Crippen LogP contribution in [0.15, 0.2) is 30.3 Å². The van der Waals surface area contributed by atoms with Crippen molar-refractivity contribution in [2.75, 3.05) is 7.11 Å². The van der Waals surface area contributed by atoms with E-state index in [1.807, 2.05) is 30.3 Å². The molecule has 0 aromatic heterocycles. The van der Waals surface area contributed by atoms with Gasteiger partial charge in [-0.2, -0.15) is 0 Å². The van der Waals surface area contributed by atoms with Crippen molar-refractivity contribution in [3.8, 4) is 0 Å². The Labute approximate surface area is 177 Å². The predicted molar refractivity (Wildman–Crippen MR) is 123 cm³/mol. The van der Waals surface area contributed by atoms with E-state index in [-0.39, 0.29) is 5.91 Å². The Morgan fingerprint density at radius 1 is 0.929 bits per heavy atom. The average molecular weight is 496 g/mol. The molecule has 28 heavy (non-hydrogen) atoms. The first kappa shape index (κ1) is 25.5. The number of methoxy groups -OCH3 is 1. The van der Waals surface area contributed by atoms with E-state index in [4.69, 9.17) is 4.74 Å². The summed E-state index contributed by atoms with van der Waals surface area (Å²) in [6, 6.07) is 9.88. The van der Waals surface area contributed by atoms with Crippen LogP contribution in [0.25, 0.3) is 0 Å². The number of carbonyl (C=O) groups is 1. The summed E-state index contributed by atoms with van der Waals surface area (Å²) in [5, 5.41) is 3.51. The Morgan fingerprint density at radius 2 is 1.43 bits per heavy atom. The maximum absolute atomic E-state index is 13.2. The van der Waals surface area contributed by atoms with Crippen LogP contribution in [-0.2, 0) is 9.53 Å². The van der Waals surface area contributed by atoms with E-state index >= 15 is 0 Å². The van der Waals surface area contributed by atoms with E-state index in [0.29, 0.717) is 4.06 Å². The Balaban J connectivity index is 3.07. The molecular formula is C24H43NO2Sn. The molecule has 0 heterocycles.